The van der Waals surface area contributed by atoms with Crippen molar-refractivity contribution in [2.45, 2.75) is 26.3 Å². The van der Waals surface area contributed by atoms with Crippen molar-refractivity contribution in [2.75, 3.05) is 5.73 Å². The highest BCUT2D eigenvalue weighted by Gasteiger charge is 2.38. The zero-order valence-electron chi connectivity index (χ0n) is 16.1. The molecule has 1 unspecified atom stereocenters. The first-order valence-electron chi connectivity index (χ1n) is 9.26. The van der Waals surface area contributed by atoms with Gasteiger partial charge in [0, 0.05) is 22.7 Å². The van der Waals surface area contributed by atoms with Crippen molar-refractivity contribution in [1.82, 2.24) is 4.90 Å². The van der Waals surface area contributed by atoms with Gasteiger partial charge in [-0.15, -0.1) is 0 Å². The Hall–Kier alpha value is -2.70. The van der Waals surface area contributed by atoms with Crippen molar-refractivity contribution in [1.29, 1.82) is 0 Å². The number of hydrogen-bond donors (Lipinski definition) is 1. The van der Waals surface area contributed by atoms with Gasteiger partial charge in [-0.05, 0) is 42.8 Å². The Morgan fingerprint density at radius 2 is 1.90 bits per heavy atom. The fourth-order valence-electron chi connectivity index (χ4n) is 3.19. The number of halogens is 1. The zero-order chi connectivity index (χ0) is 20.5. The van der Waals surface area contributed by atoms with E-state index in [-0.39, 0.29) is 12.0 Å². The molecule has 0 aromatic heterocycles. The van der Waals surface area contributed by atoms with Crippen LogP contribution in [-0.2, 0) is 9.53 Å². The fourth-order valence-corrected chi connectivity index (χ4v) is 4.26. The van der Waals surface area contributed by atoms with Crippen LogP contribution in [0.15, 0.2) is 70.4 Å². The van der Waals surface area contributed by atoms with Gasteiger partial charge in [-0.3, -0.25) is 9.69 Å². The fraction of sp³-hybridized carbons (Fsp3) is 0.182. The summed E-state index contributed by atoms with van der Waals surface area (Å²) in [7, 11) is 0. The number of nitrogens with zero attached hydrogens (tertiary/aromatic N) is 2. The number of carbonyl (C=O) groups is 1. The monoisotopic (exact) mass is 425 g/mol. The van der Waals surface area contributed by atoms with Gasteiger partial charge < -0.3 is 10.5 Å². The molecule has 0 saturated carbocycles. The van der Waals surface area contributed by atoms with Crippen LogP contribution in [0.25, 0.3) is 5.70 Å². The van der Waals surface area contributed by atoms with Gasteiger partial charge in [-0.25, -0.2) is 4.99 Å². The standard InChI is InChI=1S/C22H20ClN3O2S/c1-3-20(27)28-21-13(2)29-22-25-18(14-6-10-17(24)11-7-14)12-19(26(21)22)15-4-8-16(23)9-5-15/h4-12,19H,3,24H2,1-2H3. The Balaban J connectivity index is 1.79. The number of ether oxygens (including phenoxy) is 1. The number of aliphatic imine (C=N–C) groups is 1. The molecular formula is C22H20ClN3O2S. The lowest BCUT2D eigenvalue weighted by Gasteiger charge is -2.32. The maximum Gasteiger partial charge on any atom is 0.312 e. The molecule has 0 saturated heterocycles. The first kappa shape index (κ1) is 19.6. The zero-order valence-corrected chi connectivity index (χ0v) is 17.6. The maximum absolute atomic E-state index is 12.0. The molecule has 0 radical (unpaired) electrons. The van der Waals surface area contributed by atoms with Crippen molar-refractivity contribution in [3.8, 4) is 0 Å². The summed E-state index contributed by atoms with van der Waals surface area (Å²) < 4.78 is 5.67. The van der Waals surface area contributed by atoms with Crippen LogP contribution in [0.5, 0.6) is 0 Å². The Kier molecular flexibility index (Phi) is 5.39. The van der Waals surface area contributed by atoms with Crippen LogP contribution in [0.3, 0.4) is 0 Å². The molecule has 0 spiro atoms. The molecule has 0 aliphatic carbocycles. The first-order valence-corrected chi connectivity index (χ1v) is 10.5. The minimum atomic E-state index is -0.274. The molecule has 2 aliphatic rings. The lowest BCUT2D eigenvalue weighted by Crippen LogP contribution is -2.32. The summed E-state index contributed by atoms with van der Waals surface area (Å²) in [6.45, 7) is 3.72. The van der Waals surface area contributed by atoms with Gasteiger partial charge in [0.1, 0.15) is 0 Å². The number of anilines is 1. The molecule has 29 heavy (non-hydrogen) atoms. The van der Waals surface area contributed by atoms with Crippen molar-refractivity contribution in [3.63, 3.8) is 0 Å². The number of rotatable bonds is 4. The maximum atomic E-state index is 12.0. The molecule has 2 aromatic rings. The van der Waals surface area contributed by atoms with Crippen molar-refractivity contribution in [3.05, 3.63) is 81.5 Å². The van der Waals surface area contributed by atoms with E-state index in [0.29, 0.717) is 23.0 Å². The average molecular weight is 426 g/mol. The summed E-state index contributed by atoms with van der Waals surface area (Å²) in [6.07, 6.45) is 2.37. The number of esters is 1. The molecule has 5 nitrogen and oxygen atoms in total. The third-order valence-electron chi connectivity index (χ3n) is 4.70. The van der Waals surface area contributed by atoms with E-state index in [2.05, 4.69) is 6.08 Å². The van der Waals surface area contributed by atoms with Crippen LogP contribution < -0.4 is 5.73 Å². The summed E-state index contributed by atoms with van der Waals surface area (Å²) >= 11 is 7.59. The second kappa shape index (κ2) is 7.97. The molecule has 0 fully saturated rings. The number of thioether (sulfide) groups is 1. The van der Waals surface area contributed by atoms with Crippen LogP contribution in [0, 0.1) is 0 Å². The van der Waals surface area contributed by atoms with Crippen molar-refractivity contribution < 1.29 is 9.53 Å². The quantitative estimate of drug-likeness (QED) is 0.512. The van der Waals surface area contributed by atoms with Crippen molar-refractivity contribution >= 4 is 45.9 Å². The largest absolute Gasteiger partial charge is 0.408 e. The SMILES string of the molecule is CCC(=O)OC1=C(C)SC2=NC(c3ccc(N)cc3)=CC(c3ccc(Cl)cc3)N21. The van der Waals surface area contributed by atoms with E-state index in [1.165, 1.54) is 11.8 Å². The molecule has 4 rings (SSSR count). The number of benzene rings is 2. The summed E-state index contributed by atoms with van der Waals surface area (Å²) in [5, 5.41) is 1.44. The molecule has 7 heteroatoms. The van der Waals surface area contributed by atoms with Crippen LogP contribution in [-0.4, -0.2) is 16.0 Å². The average Bonchev–Trinajstić information content (AvgIpc) is 3.03. The number of nitrogen functional groups attached to an aromatic ring is 1. The predicted octanol–water partition coefficient (Wildman–Crippen LogP) is 5.57. The van der Waals surface area contributed by atoms with E-state index < -0.39 is 0 Å². The van der Waals surface area contributed by atoms with Crippen molar-refractivity contribution in [2.24, 2.45) is 4.99 Å². The number of amidine groups is 1. The van der Waals surface area contributed by atoms with Gasteiger partial charge in [-0.1, -0.05) is 54.6 Å². The summed E-state index contributed by atoms with van der Waals surface area (Å²) in [4.78, 5) is 19.7. The number of allylic oxidation sites excluding steroid dienone is 1. The third kappa shape index (κ3) is 3.91. The second-order valence-corrected chi connectivity index (χ2v) is 8.34. The molecule has 0 amide bonds. The predicted molar refractivity (Wildman–Crippen MR) is 119 cm³/mol. The topological polar surface area (TPSA) is 67.9 Å². The summed E-state index contributed by atoms with van der Waals surface area (Å²) in [6, 6.07) is 15.1. The molecule has 2 aliphatic heterocycles. The van der Waals surface area contributed by atoms with Crippen LogP contribution in [0.1, 0.15) is 37.4 Å². The smallest absolute Gasteiger partial charge is 0.312 e. The molecule has 1 atom stereocenters. The van der Waals surface area contributed by atoms with E-state index in [0.717, 1.165) is 26.9 Å². The van der Waals surface area contributed by atoms with Gasteiger partial charge in [0.15, 0.2) is 5.17 Å². The highest BCUT2D eigenvalue weighted by atomic mass is 35.5. The minimum absolute atomic E-state index is 0.183. The van der Waals surface area contributed by atoms with Gasteiger partial charge in [-0.2, -0.15) is 0 Å². The highest BCUT2D eigenvalue weighted by Crippen LogP contribution is 2.45. The molecule has 2 heterocycles. The molecule has 0 bridgehead atoms. The van der Waals surface area contributed by atoms with Crippen LogP contribution >= 0.6 is 23.4 Å². The minimum Gasteiger partial charge on any atom is -0.408 e. The molecule has 148 valence electrons. The van der Waals surface area contributed by atoms with Crippen LogP contribution in [0.2, 0.25) is 5.02 Å². The first-order chi connectivity index (χ1) is 14.0. The summed E-state index contributed by atoms with van der Waals surface area (Å²) in [5.41, 5.74) is 9.38. The second-order valence-electron chi connectivity index (χ2n) is 6.73. The van der Waals surface area contributed by atoms with E-state index in [9.17, 15) is 4.79 Å². The van der Waals surface area contributed by atoms with Gasteiger partial charge in [0.25, 0.3) is 0 Å². The molecular weight excluding hydrogens is 406 g/mol. The third-order valence-corrected chi connectivity index (χ3v) is 5.90. The molecule has 2 N–H and O–H groups in total. The normalized spacial score (nSPS) is 18.3. The van der Waals surface area contributed by atoms with Crippen LogP contribution in [0.4, 0.5) is 5.69 Å². The Labute approximate surface area is 178 Å². The van der Waals surface area contributed by atoms with E-state index in [1.54, 1.807) is 6.92 Å². The van der Waals surface area contributed by atoms with E-state index in [1.807, 2.05) is 60.4 Å². The number of fused-ring (bicyclic) bond motifs is 1. The number of nitrogens with two attached hydrogens (primary N) is 1. The number of hydrogen-bond acceptors (Lipinski definition) is 6. The molecule has 2 aromatic carbocycles. The lowest BCUT2D eigenvalue weighted by atomic mass is 10.0. The lowest BCUT2D eigenvalue weighted by molar-refractivity contribution is -0.141. The van der Waals surface area contributed by atoms with Gasteiger partial charge in [0.2, 0.25) is 5.88 Å². The van der Waals surface area contributed by atoms with E-state index in [4.69, 9.17) is 27.1 Å². The Bertz CT molecular complexity index is 1040. The highest BCUT2D eigenvalue weighted by molar-refractivity contribution is 8.17. The van der Waals surface area contributed by atoms with Gasteiger partial charge >= 0.3 is 5.97 Å². The Morgan fingerprint density at radius 1 is 1.21 bits per heavy atom. The number of carbonyl (C=O) groups excluding carboxylic acids is 1. The van der Waals surface area contributed by atoms with Gasteiger partial charge in [0.05, 0.1) is 16.6 Å². The van der Waals surface area contributed by atoms with E-state index >= 15 is 0 Å². The Morgan fingerprint density at radius 3 is 2.55 bits per heavy atom. The summed E-state index contributed by atoms with van der Waals surface area (Å²) in [5.74, 6) is 0.262.